The molecule has 3 aliphatic rings. The molecule has 0 radical (unpaired) electrons. The fraction of sp³-hybridized carbons (Fsp3) is 0.692. The van der Waals surface area contributed by atoms with E-state index < -0.39 is 12.3 Å². The van der Waals surface area contributed by atoms with E-state index in [9.17, 15) is 14.7 Å². The molecule has 6 nitrogen and oxygen atoms in total. The van der Waals surface area contributed by atoms with Gasteiger partial charge in [-0.25, -0.2) is 0 Å². The minimum Gasteiger partial charge on any atom is -0.374 e. The first kappa shape index (κ1) is 24.6. The zero-order valence-corrected chi connectivity index (χ0v) is 20.6. The van der Waals surface area contributed by atoms with Gasteiger partial charge in [-0.15, -0.1) is 11.8 Å². The number of carbonyl (C=O) groups is 2. The number of aliphatic hydroxyl groups excluding tert-OH is 1. The fourth-order valence-corrected chi connectivity index (χ4v) is 6.39. The number of thioether (sulfide) groups is 1. The SMILES string of the molecule is O=C1NC(O)CCC1N1Cc2c(SCCCCCCCN3CCCCCC3)cccc2C1=O. The van der Waals surface area contributed by atoms with Crippen molar-refractivity contribution in [3.8, 4) is 0 Å². The van der Waals surface area contributed by atoms with Crippen molar-refractivity contribution in [3.63, 3.8) is 0 Å². The van der Waals surface area contributed by atoms with Crippen molar-refractivity contribution in [2.45, 2.75) is 94.3 Å². The van der Waals surface area contributed by atoms with Crippen LogP contribution in [-0.2, 0) is 11.3 Å². The van der Waals surface area contributed by atoms with Gasteiger partial charge in [0.15, 0.2) is 0 Å². The van der Waals surface area contributed by atoms with E-state index in [2.05, 4.69) is 16.3 Å². The molecule has 0 bridgehead atoms. The van der Waals surface area contributed by atoms with Gasteiger partial charge >= 0.3 is 0 Å². The first-order chi connectivity index (χ1) is 16.1. The highest BCUT2D eigenvalue weighted by Gasteiger charge is 2.39. The largest absolute Gasteiger partial charge is 0.374 e. The lowest BCUT2D eigenvalue weighted by Crippen LogP contribution is -2.54. The molecule has 2 unspecified atom stereocenters. The molecule has 0 spiro atoms. The number of piperidine rings is 1. The maximum Gasteiger partial charge on any atom is 0.255 e. The Bertz CT molecular complexity index is 810. The lowest BCUT2D eigenvalue weighted by molar-refractivity contribution is -0.132. The average Bonchev–Trinajstić information content (AvgIpc) is 2.97. The maximum absolute atomic E-state index is 13.0. The zero-order chi connectivity index (χ0) is 23.0. The van der Waals surface area contributed by atoms with Gasteiger partial charge < -0.3 is 20.2 Å². The Kier molecular flexibility index (Phi) is 9.10. The smallest absolute Gasteiger partial charge is 0.255 e. The van der Waals surface area contributed by atoms with Crippen LogP contribution in [0.3, 0.4) is 0 Å². The first-order valence-electron chi connectivity index (χ1n) is 12.9. The lowest BCUT2D eigenvalue weighted by atomic mass is 10.0. The van der Waals surface area contributed by atoms with E-state index in [-0.39, 0.29) is 11.8 Å². The summed E-state index contributed by atoms with van der Waals surface area (Å²) in [5, 5.41) is 12.2. The second-order valence-electron chi connectivity index (χ2n) is 9.70. The number of benzene rings is 1. The number of carbonyl (C=O) groups excluding carboxylic acids is 2. The molecule has 1 aromatic rings. The number of rotatable bonds is 10. The van der Waals surface area contributed by atoms with Gasteiger partial charge in [0.1, 0.15) is 12.3 Å². The Labute approximate surface area is 202 Å². The maximum atomic E-state index is 13.0. The fourth-order valence-electron chi connectivity index (χ4n) is 5.30. The summed E-state index contributed by atoms with van der Waals surface area (Å²) >= 11 is 1.84. The zero-order valence-electron chi connectivity index (χ0n) is 19.8. The third-order valence-corrected chi connectivity index (χ3v) is 8.42. The van der Waals surface area contributed by atoms with Gasteiger partial charge in [0.05, 0.1) is 0 Å². The molecule has 182 valence electrons. The summed E-state index contributed by atoms with van der Waals surface area (Å²) in [5.74, 6) is 0.751. The Morgan fingerprint density at radius 1 is 0.970 bits per heavy atom. The van der Waals surface area contributed by atoms with Crippen LogP contribution in [0, 0.1) is 0 Å². The highest BCUT2D eigenvalue weighted by Crippen LogP contribution is 2.34. The second kappa shape index (κ2) is 12.2. The Morgan fingerprint density at radius 3 is 2.52 bits per heavy atom. The topological polar surface area (TPSA) is 72.9 Å². The van der Waals surface area contributed by atoms with E-state index in [4.69, 9.17) is 0 Å². The number of nitrogens with zero attached hydrogens (tertiary/aromatic N) is 2. The van der Waals surface area contributed by atoms with E-state index in [0.717, 1.165) is 16.9 Å². The predicted octanol–water partition coefficient (Wildman–Crippen LogP) is 4.16. The number of hydrogen-bond donors (Lipinski definition) is 2. The van der Waals surface area contributed by atoms with Gasteiger partial charge in [0.2, 0.25) is 5.91 Å². The third-order valence-electron chi connectivity index (χ3n) is 7.23. The van der Waals surface area contributed by atoms with Crippen molar-refractivity contribution in [3.05, 3.63) is 29.3 Å². The minimum absolute atomic E-state index is 0.0617. The van der Waals surface area contributed by atoms with Crippen LogP contribution in [0.1, 0.15) is 86.6 Å². The summed E-state index contributed by atoms with van der Waals surface area (Å²) in [5.41, 5.74) is 1.79. The molecule has 2 fully saturated rings. The van der Waals surface area contributed by atoms with Gasteiger partial charge in [-0.1, -0.05) is 38.2 Å². The number of hydrogen-bond acceptors (Lipinski definition) is 5. The van der Waals surface area contributed by atoms with Crippen LogP contribution in [0.25, 0.3) is 0 Å². The van der Waals surface area contributed by atoms with E-state index in [1.54, 1.807) is 4.90 Å². The molecule has 0 aliphatic carbocycles. The van der Waals surface area contributed by atoms with Crippen molar-refractivity contribution in [2.24, 2.45) is 0 Å². The Morgan fingerprint density at radius 2 is 1.73 bits per heavy atom. The number of nitrogens with one attached hydrogen (secondary N) is 1. The minimum atomic E-state index is -0.797. The van der Waals surface area contributed by atoms with Crippen molar-refractivity contribution >= 4 is 23.6 Å². The van der Waals surface area contributed by atoms with Crippen LogP contribution in [0.5, 0.6) is 0 Å². The summed E-state index contributed by atoms with van der Waals surface area (Å²) in [7, 11) is 0. The van der Waals surface area contributed by atoms with Gasteiger partial charge in [-0.3, -0.25) is 9.59 Å². The molecule has 2 atom stereocenters. The van der Waals surface area contributed by atoms with Gasteiger partial charge in [-0.05, 0) is 81.6 Å². The summed E-state index contributed by atoms with van der Waals surface area (Å²) in [6.07, 6.45) is 12.2. The average molecular weight is 474 g/mol. The highest BCUT2D eigenvalue weighted by atomic mass is 32.2. The molecule has 33 heavy (non-hydrogen) atoms. The molecule has 3 aliphatic heterocycles. The Hall–Kier alpha value is -1.57. The van der Waals surface area contributed by atoms with Crippen LogP contribution < -0.4 is 5.32 Å². The van der Waals surface area contributed by atoms with Crippen LogP contribution in [0.2, 0.25) is 0 Å². The molecule has 2 saturated heterocycles. The number of likely N-dealkylation sites (tertiary alicyclic amines) is 1. The van der Waals surface area contributed by atoms with Crippen molar-refractivity contribution in [1.82, 2.24) is 15.1 Å². The quantitative estimate of drug-likeness (QED) is 0.394. The van der Waals surface area contributed by atoms with E-state index >= 15 is 0 Å². The Balaban J connectivity index is 1.17. The van der Waals surface area contributed by atoms with E-state index in [0.29, 0.717) is 19.4 Å². The van der Waals surface area contributed by atoms with Crippen molar-refractivity contribution in [2.75, 3.05) is 25.4 Å². The van der Waals surface area contributed by atoms with Crippen LogP contribution in [0.15, 0.2) is 23.1 Å². The van der Waals surface area contributed by atoms with Crippen molar-refractivity contribution < 1.29 is 14.7 Å². The molecular formula is C26H39N3O3S. The summed E-state index contributed by atoms with van der Waals surface area (Å²) < 4.78 is 0. The second-order valence-corrected chi connectivity index (χ2v) is 10.8. The molecule has 1 aromatic carbocycles. The van der Waals surface area contributed by atoms with Gasteiger partial charge in [0.25, 0.3) is 5.91 Å². The number of fused-ring (bicyclic) bond motifs is 1. The highest BCUT2D eigenvalue weighted by molar-refractivity contribution is 7.99. The van der Waals surface area contributed by atoms with Gasteiger partial charge in [0, 0.05) is 17.0 Å². The third kappa shape index (κ3) is 6.52. The predicted molar refractivity (Wildman–Crippen MR) is 132 cm³/mol. The summed E-state index contributed by atoms with van der Waals surface area (Å²) in [6, 6.07) is 5.45. The summed E-state index contributed by atoms with van der Waals surface area (Å²) in [6.45, 7) is 4.35. The molecule has 0 saturated carbocycles. The van der Waals surface area contributed by atoms with Crippen molar-refractivity contribution in [1.29, 1.82) is 0 Å². The molecule has 2 N–H and O–H groups in total. The molecule has 0 aromatic heterocycles. The number of aliphatic hydroxyl groups is 1. The summed E-state index contributed by atoms with van der Waals surface area (Å²) in [4.78, 5) is 30.8. The molecule has 4 rings (SSSR count). The van der Waals surface area contributed by atoms with E-state index in [1.807, 2.05) is 23.9 Å². The molecule has 2 amide bonds. The van der Waals surface area contributed by atoms with E-state index in [1.165, 1.54) is 82.3 Å². The number of unbranched alkanes of at least 4 members (excludes halogenated alkanes) is 4. The first-order valence-corrected chi connectivity index (χ1v) is 13.9. The number of amides is 2. The molecule has 3 heterocycles. The van der Waals surface area contributed by atoms with Gasteiger partial charge in [-0.2, -0.15) is 0 Å². The van der Waals surface area contributed by atoms with Crippen LogP contribution >= 0.6 is 11.8 Å². The standard InChI is InChI=1S/C26H39N3O3S/c30-24-14-13-22(25(31)27-24)29-19-21-20(26(29)32)11-10-12-23(21)33-18-9-5-1-2-6-15-28-16-7-3-4-8-17-28/h10-12,22,24,30H,1-9,13-19H2,(H,27,31). The van der Waals surface area contributed by atoms with Crippen LogP contribution in [-0.4, -0.2) is 64.4 Å². The van der Waals surface area contributed by atoms with Crippen LogP contribution in [0.4, 0.5) is 0 Å². The molecule has 7 heteroatoms. The molecular weight excluding hydrogens is 434 g/mol. The monoisotopic (exact) mass is 473 g/mol. The lowest BCUT2D eigenvalue weighted by Gasteiger charge is -2.32. The normalized spacial score (nSPS) is 24.0.